The van der Waals surface area contributed by atoms with Gasteiger partial charge in [0, 0.05) is 177 Å². The zero-order valence-corrected chi connectivity index (χ0v) is 72.7. The molecule has 24 nitrogen and oxygen atoms in total. The fourth-order valence-corrected chi connectivity index (χ4v) is 17.0. The Morgan fingerprint density at radius 3 is 0.921 bits per heavy atom. The number of aryl methyl sites for hydroxylation is 9. The van der Waals surface area contributed by atoms with Crippen LogP contribution in [0.5, 0.6) is 0 Å². The van der Waals surface area contributed by atoms with Crippen molar-refractivity contribution < 1.29 is 26.9 Å². The molecule has 0 fully saturated rings. The number of H-pyrrole nitrogens is 1. The van der Waals surface area contributed by atoms with Gasteiger partial charge in [-0.3, -0.25) is 39.1 Å². The summed E-state index contributed by atoms with van der Waals surface area (Å²) in [6.07, 6.45) is 32.8. The van der Waals surface area contributed by atoms with Crippen LogP contribution in [0.25, 0.3) is 133 Å². The van der Waals surface area contributed by atoms with E-state index in [0.29, 0.717) is 6.54 Å². The topological polar surface area (TPSA) is 258 Å². The molecule has 0 bridgehead atoms. The second-order valence-electron chi connectivity index (χ2n) is 32.1. The van der Waals surface area contributed by atoms with Crippen LogP contribution in [0, 0.1) is 55.4 Å². The van der Waals surface area contributed by atoms with E-state index >= 15 is 0 Å². The van der Waals surface area contributed by atoms with Crippen molar-refractivity contribution in [1.82, 2.24) is 98.4 Å². The van der Waals surface area contributed by atoms with Gasteiger partial charge in [-0.15, -0.1) is 6.58 Å². The lowest BCUT2D eigenvalue weighted by Gasteiger charge is -2.16. The summed E-state index contributed by atoms with van der Waals surface area (Å²) in [7, 11) is 0. The molecule has 0 aliphatic rings. The zero-order chi connectivity index (χ0) is 87.8. The average Bonchev–Trinajstić information content (AvgIpc) is 1.62. The molecule has 0 radical (unpaired) electrons. The number of aromatic amines is 1. The SMILES string of the molecule is C=CCn1cc(-c2cn(C(C)c3ccccc3)c3cc(-c4c(C)noc4C)cnc23)cn1.CCn1cc(-c2cn(C(C)c3ccccc3)c3cc(-c4c(C)noc4C)cnc23)cn1.Cc1noc(C)c1-c1cnc2c(-c3cn[nH]c3)cn(C(C)c3ccccc3)c2c1.Cc1noc(C)c1-c1cnc2c(-c3cnn(CC(C)(F)F)c3)cn(C(C)c3ccccc3)c2c1. The van der Waals surface area contributed by atoms with Gasteiger partial charge in [0.25, 0.3) is 5.92 Å². The van der Waals surface area contributed by atoms with Gasteiger partial charge in [0.2, 0.25) is 0 Å². The van der Waals surface area contributed by atoms with Crippen molar-refractivity contribution in [3.8, 4) is 89.0 Å². The van der Waals surface area contributed by atoms with E-state index in [2.05, 4.69) is 240 Å². The van der Waals surface area contributed by atoms with Crippen LogP contribution in [0.3, 0.4) is 0 Å². The molecule has 0 saturated carbocycles. The molecule has 0 spiro atoms. The van der Waals surface area contributed by atoms with Gasteiger partial charge in [-0.25, -0.2) is 8.78 Å². The van der Waals surface area contributed by atoms with Crippen molar-refractivity contribution in [1.29, 1.82) is 0 Å². The van der Waals surface area contributed by atoms with Crippen LogP contribution in [0.4, 0.5) is 8.78 Å². The van der Waals surface area contributed by atoms with Crippen molar-refractivity contribution in [3.05, 3.63) is 325 Å². The fourth-order valence-electron chi connectivity index (χ4n) is 17.0. The highest BCUT2D eigenvalue weighted by molar-refractivity contribution is 5.99. The molecule has 16 aromatic heterocycles. The van der Waals surface area contributed by atoms with E-state index in [1.807, 2.05) is 163 Å². The Kier molecular flexibility index (Phi) is 23.1. The maximum absolute atomic E-state index is 13.5. The van der Waals surface area contributed by atoms with E-state index in [9.17, 15) is 8.78 Å². The fraction of sp³-hybridized carbons (Fsp3) is 0.220. The Hall–Kier alpha value is -15.1. The minimum absolute atomic E-state index is 0.0224. The number of nitrogens with zero attached hydrogens (tertiary/aromatic N) is 19. The van der Waals surface area contributed by atoms with Gasteiger partial charge in [0.15, 0.2) is 0 Å². The predicted molar refractivity (Wildman–Crippen MR) is 488 cm³/mol. The summed E-state index contributed by atoms with van der Waals surface area (Å²) in [5, 5.41) is 36.5. The summed E-state index contributed by atoms with van der Waals surface area (Å²) in [6, 6.07) is 50.8. The molecule has 0 amide bonds. The number of rotatable bonds is 21. The average molecular weight is 1680 g/mol. The number of hydrogen-bond donors (Lipinski definition) is 1. The van der Waals surface area contributed by atoms with E-state index < -0.39 is 12.5 Å². The van der Waals surface area contributed by atoms with Gasteiger partial charge in [0.05, 0.1) is 122 Å². The highest BCUT2D eigenvalue weighted by Gasteiger charge is 2.28. The van der Waals surface area contributed by atoms with Crippen LogP contribution in [-0.4, -0.2) is 104 Å². The minimum Gasteiger partial charge on any atom is -0.361 e. The number of alkyl halides is 2. The number of halogens is 2. The predicted octanol–water partition coefficient (Wildman–Crippen LogP) is 23.5. The monoisotopic (exact) mass is 1680 g/mol. The number of pyridine rings is 4. The molecule has 634 valence electrons. The maximum Gasteiger partial charge on any atom is 0.264 e. The second kappa shape index (κ2) is 35.0. The van der Waals surface area contributed by atoms with Gasteiger partial charge < -0.3 is 36.4 Å². The van der Waals surface area contributed by atoms with Crippen molar-refractivity contribution in [2.45, 2.75) is 147 Å². The number of fused-ring (bicyclic) bond motifs is 4. The second-order valence-corrected chi connectivity index (χ2v) is 32.1. The smallest absolute Gasteiger partial charge is 0.264 e. The van der Waals surface area contributed by atoms with Crippen LogP contribution in [0.2, 0.25) is 0 Å². The molecule has 0 aliphatic heterocycles. The lowest BCUT2D eigenvalue weighted by molar-refractivity contribution is 0.000588. The Balaban J connectivity index is 0.000000119. The van der Waals surface area contributed by atoms with Gasteiger partial charge in [0.1, 0.15) is 29.6 Å². The molecule has 0 saturated heterocycles. The van der Waals surface area contributed by atoms with Gasteiger partial charge in [-0.05, 0) is 137 Å². The van der Waals surface area contributed by atoms with Gasteiger partial charge in [-0.1, -0.05) is 148 Å². The van der Waals surface area contributed by atoms with E-state index in [1.165, 1.54) is 21.4 Å². The summed E-state index contributed by atoms with van der Waals surface area (Å²) in [6.45, 7) is 32.1. The zero-order valence-electron chi connectivity index (χ0n) is 72.7. The summed E-state index contributed by atoms with van der Waals surface area (Å²) < 4.78 is 62.7. The lowest BCUT2D eigenvalue weighted by atomic mass is 10.0. The first-order valence-electron chi connectivity index (χ1n) is 42.0. The number of nitrogens with one attached hydrogen (secondary N) is 1. The highest BCUT2D eigenvalue weighted by atomic mass is 19.3. The van der Waals surface area contributed by atoms with Crippen molar-refractivity contribution in [3.63, 3.8) is 0 Å². The molecule has 1 N–H and O–H groups in total. The molecule has 126 heavy (non-hydrogen) atoms. The lowest BCUT2D eigenvalue weighted by Crippen LogP contribution is -2.19. The normalized spacial score (nSPS) is 12.6. The molecular formula is C100H96F2N20O4. The first-order valence-corrected chi connectivity index (χ1v) is 42.0. The summed E-state index contributed by atoms with van der Waals surface area (Å²) >= 11 is 0. The van der Waals surface area contributed by atoms with Gasteiger partial charge >= 0.3 is 0 Å². The van der Waals surface area contributed by atoms with E-state index in [4.69, 9.17) is 38.0 Å². The largest absolute Gasteiger partial charge is 0.361 e. The third kappa shape index (κ3) is 16.5. The van der Waals surface area contributed by atoms with E-state index in [-0.39, 0.29) is 24.2 Å². The Morgan fingerprint density at radius 2 is 0.659 bits per heavy atom. The third-order valence-electron chi connectivity index (χ3n) is 23.5. The maximum atomic E-state index is 13.5. The Bertz CT molecular complexity index is 7150. The number of hydrogen-bond acceptors (Lipinski definition) is 16. The quantitative estimate of drug-likeness (QED) is 0.0656. The molecule has 26 heteroatoms. The Morgan fingerprint density at radius 1 is 0.373 bits per heavy atom. The minimum atomic E-state index is -2.85. The number of benzene rings is 4. The number of aromatic nitrogens is 20. The van der Waals surface area contributed by atoms with Crippen molar-refractivity contribution in [2.24, 2.45) is 0 Å². The Labute approximate surface area is 726 Å². The highest BCUT2D eigenvalue weighted by Crippen LogP contribution is 2.43. The first kappa shape index (κ1) is 83.2. The van der Waals surface area contributed by atoms with Crippen LogP contribution in [0.15, 0.2) is 275 Å². The summed E-state index contributed by atoms with van der Waals surface area (Å²) in [4.78, 5) is 19.4. The molecule has 0 aliphatic carbocycles. The molecular weight excluding hydrogens is 1580 g/mol. The third-order valence-corrected chi connectivity index (χ3v) is 23.5. The standard InChI is InChI=1S/C26H25F2N5O.C26H25N5O.C25H25N5O.C23H21N5O/c1-16-24(18(3)34-31-16)20-10-23-25(29-11-20)22(21-12-30-32(13-21)15-26(4,27)28)14-33(23)17(2)19-8-6-5-7-9-19;1-5-11-30-15-22(14-28-30)23-16-31(18(3)20-9-7-6-8-10-20)24-12-21(13-27-26(23)24)25-17(2)29-32-19(25)4;1-5-29-14-21(13-27-29)22-15-30(17(3)19-9-7-6-8-10-19)23-11-20(12-26-25(22)23)24-16(2)28-31-18(24)4;1-14-22(16(3)29-27-14)18-9-21-23(24-10-18)20(19-11-25-26-12-19)13-28(21)15(2)17-7-5-4-6-8-17/h5-14,17H,15H2,1-4H3;5-10,12-16,18H,1,11H2,2-4H3;6-15,17H,5H2,1-4H3;4-13,15H,1-3H3,(H,25,26). The molecule has 20 aromatic rings. The molecule has 4 atom stereocenters. The van der Waals surface area contributed by atoms with E-state index in [0.717, 1.165) is 198 Å². The van der Waals surface area contributed by atoms with Crippen molar-refractivity contribution in [2.75, 3.05) is 0 Å². The van der Waals surface area contributed by atoms with Crippen molar-refractivity contribution >= 4 is 44.1 Å². The summed E-state index contributed by atoms with van der Waals surface area (Å²) in [5.41, 5.74) is 31.8. The van der Waals surface area contributed by atoms with Crippen LogP contribution in [-0.2, 0) is 19.6 Å². The van der Waals surface area contributed by atoms with Crippen LogP contribution < -0.4 is 0 Å². The molecule has 20 rings (SSSR count). The molecule has 4 unspecified atom stereocenters. The van der Waals surface area contributed by atoms with E-state index in [1.54, 1.807) is 18.6 Å². The van der Waals surface area contributed by atoms with Gasteiger partial charge in [-0.2, -0.15) is 20.4 Å². The summed E-state index contributed by atoms with van der Waals surface area (Å²) in [5.74, 6) is 0.282. The van der Waals surface area contributed by atoms with Crippen LogP contribution >= 0.6 is 0 Å². The molecule has 4 aromatic carbocycles. The first-order chi connectivity index (χ1) is 61.0. The van der Waals surface area contributed by atoms with Crippen LogP contribution in [0.1, 0.15) is 134 Å². The molecule has 16 heterocycles. The number of allylic oxidation sites excluding steroid dienone is 1.